The van der Waals surface area contributed by atoms with Gasteiger partial charge < -0.3 is 16.0 Å². The van der Waals surface area contributed by atoms with Crippen LogP contribution in [0.15, 0.2) is 0 Å². The molecule has 3 aliphatic heterocycles. The summed E-state index contributed by atoms with van der Waals surface area (Å²) in [5.74, 6) is 2.50. The summed E-state index contributed by atoms with van der Waals surface area (Å²) in [5.41, 5.74) is 0. The van der Waals surface area contributed by atoms with Gasteiger partial charge in [-0.05, 0) is 68.1 Å². The number of halogens is 3. The van der Waals surface area contributed by atoms with Crippen LogP contribution < -0.4 is 16.0 Å². The summed E-state index contributed by atoms with van der Waals surface area (Å²) < 4.78 is 39.1. The third-order valence-electron chi connectivity index (χ3n) is 7.81. The number of amides is 2. The summed E-state index contributed by atoms with van der Waals surface area (Å²) >= 11 is 1.64. The highest BCUT2D eigenvalue weighted by Gasteiger charge is 2.49. The molecule has 8 unspecified atom stereocenters. The van der Waals surface area contributed by atoms with Gasteiger partial charge in [-0.25, -0.2) is 0 Å². The quantitative estimate of drug-likeness (QED) is 0.622. The number of alkyl halides is 3. The fourth-order valence-electron chi connectivity index (χ4n) is 6.22. The average molecular weight is 448 g/mol. The lowest BCUT2D eigenvalue weighted by molar-refractivity contribution is -0.162. The van der Waals surface area contributed by atoms with Gasteiger partial charge in [0, 0.05) is 18.5 Å². The van der Waals surface area contributed by atoms with Gasteiger partial charge in [0.15, 0.2) is 0 Å². The average Bonchev–Trinajstić information content (AvgIpc) is 3.09. The number of piperidine rings is 2. The molecule has 0 aromatic carbocycles. The van der Waals surface area contributed by atoms with Gasteiger partial charge >= 0.3 is 6.18 Å². The number of thioether (sulfide) groups is 1. The molecule has 3 heterocycles. The summed E-state index contributed by atoms with van der Waals surface area (Å²) in [6, 6.07) is -1.98. The minimum Gasteiger partial charge on any atom is -0.356 e. The van der Waals surface area contributed by atoms with Crippen LogP contribution in [0.2, 0.25) is 0 Å². The van der Waals surface area contributed by atoms with Crippen molar-refractivity contribution in [2.24, 2.45) is 29.6 Å². The lowest BCUT2D eigenvalue weighted by Gasteiger charge is -2.44. The summed E-state index contributed by atoms with van der Waals surface area (Å²) in [7, 11) is 0. The highest BCUT2D eigenvalue weighted by atomic mass is 32.2. The molecule has 0 aromatic rings. The molecule has 9 heteroatoms. The van der Waals surface area contributed by atoms with Gasteiger partial charge in [-0.15, -0.1) is 11.8 Å². The Bertz CT molecular complexity index is 662. The van der Waals surface area contributed by atoms with E-state index in [2.05, 4.69) is 22.9 Å². The van der Waals surface area contributed by atoms with Crippen LogP contribution in [0, 0.1) is 29.6 Å². The molecule has 170 valence electrons. The van der Waals surface area contributed by atoms with Crippen LogP contribution in [-0.2, 0) is 9.59 Å². The van der Waals surface area contributed by atoms with Gasteiger partial charge in [-0.1, -0.05) is 13.3 Å². The fourth-order valence-corrected chi connectivity index (χ4v) is 7.92. The molecular formula is C21H32F3N3O2S. The third kappa shape index (κ3) is 4.47. The Hall–Kier alpha value is -0.960. The lowest BCUT2D eigenvalue weighted by atomic mass is 9.62. The van der Waals surface area contributed by atoms with Gasteiger partial charge in [0.05, 0.1) is 5.25 Å². The van der Waals surface area contributed by atoms with Crippen LogP contribution in [0.4, 0.5) is 13.2 Å². The van der Waals surface area contributed by atoms with Crippen LogP contribution in [-0.4, -0.2) is 54.2 Å². The molecule has 0 radical (unpaired) electrons. The summed E-state index contributed by atoms with van der Waals surface area (Å²) in [4.78, 5) is 25.2. The molecule has 4 fully saturated rings. The number of carbonyl (C=O) groups excluding carboxylic acids is 2. The van der Waals surface area contributed by atoms with E-state index in [1.54, 1.807) is 11.8 Å². The zero-order valence-corrected chi connectivity index (χ0v) is 18.2. The van der Waals surface area contributed by atoms with Gasteiger partial charge in [-0.2, -0.15) is 13.2 Å². The molecule has 0 aromatic heterocycles. The maximum absolute atomic E-state index is 13.0. The van der Waals surface area contributed by atoms with Crippen LogP contribution in [0.1, 0.15) is 45.4 Å². The highest BCUT2D eigenvalue weighted by molar-refractivity contribution is 8.00. The maximum Gasteiger partial charge on any atom is 0.403 e. The van der Waals surface area contributed by atoms with E-state index in [9.17, 15) is 22.8 Å². The van der Waals surface area contributed by atoms with E-state index in [1.165, 1.54) is 0 Å². The zero-order chi connectivity index (χ0) is 21.5. The Morgan fingerprint density at radius 2 is 1.90 bits per heavy atom. The molecule has 3 N–H and O–H groups in total. The standard InChI is InChI=1S/C21H32F3N3O2S/c1-11-16(13-3-2-4-15-14(13)6-8-26-19(15)28)10-30-18(11)20(29)27-12-5-7-25-17(9-12)21(22,23)24/h11-18,25H,2-10H2,1H3,(H,26,28)(H,27,29). The molecule has 1 aliphatic carbocycles. The Labute approximate surface area is 180 Å². The number of nitrogens with one attached hydrogen (secondary N) is 3. The first kappa shape index (κ1) is 22.2. The Kier molecular flexibility index (Phi) is 6.59. The van der Waals surface area contributed by atoms with Crippen LogP contribution in [0.25, 0.3) is 0 Å². The van der Waals surface area contributed by atoms with Crippen molar-refractivity contribution in [2.45, 2.75) is 69.0 Å². The second-order valence-corrected chi connectivity index (χ2v) is 10.7. The third-order valence-corrected chi connectivity index (χ3v) is 9.39. The number of rotatable bonds is 3. The van der Waals surface area contributed by atoms with E-state index in [0.29, 0.717) is 24.2 Å². The van der Waals surface area contributed by atoms with Crippen LogP contribution in [0.5, 0.6) is 0 Å². The van der Waals surface area contributed by atoms with Crippen molar-refractivity contribution in [1.82, 2.24) is 16.0 Å². The molecule has 3 saturated heterocycles. The molecule has 8 atom stereocenters. The SMILES string of the molecule is CC1C(C(=O)NC2CCNC(C(F)(F)F)C2)SCC1C1CCCC2C(=O)NCCC21. The second-order valence-electron chi connectivity index (χ2n) is 9.50. The minimum atomic E-state index is -4.28. The Balaban J connectivity index is 1.36. The number of hydrogen-bond acceptors (Lipinski definition) is 4. The monoisotopic (exact) mass is 447 g/mol. The van der Waals surface area contributed by atoms with Crippen molar-refractivity contribution < 1.29 is 22.8 Å². The van der Waals surface area contributed by atoms with E-state index in [1.807, 2.05) is 0 Å². The molecule has 0 spiro atoms. The van der Waals surface area contributed by atoms with Crippen LogP contribution >= 0.6 is 11.8 Å². The number of hydrogen-bond donors (Lipinski definition) is 3. The fraction of sp³-hybridized carbons (Fsp3) is 0.905. The predicted octanol–water partition coefficient (Wildman–Crippen LogP) is 2.71. The summed E-state index contributed by atoms with van der Waals surface area (Å²) in [5, 5.41) is 8.20. The van der Waals surface area contributed by atoms with Crippen molar-refractivity contribution in [3.8, 4) is 0 Å². The van der Waals surface area contributed by atoms with Crippen molar-refractivity contribution in [3.63, 3.8) is 0 Å². The van der Waals surface area contributed by atoms with Crippen molar-refractivity contribution >= 4 is 23.6 Å². The molecule has 4 aliphatic rings. The number of carbonyl (C=O) groups is 2. The Morgan fingerprint density at radius 3 is 2.67 bits per heavy atom. The van der Waals surface area contributed by atoms with Crippen molar-refractivity contribution in [1.29, 1.82) is 0 Å². The van der Waals surface area contributed by atoms with Crippen LogP contribution in [0.3, 0.4) is 0 Å². The first-order chi connectivity index (χ1) is 14.3. The highest BCUT2D eigenvalue weighted by Crippen LogP contribution is 2.50. The van der Waals surface area contributed by atoms with Crippen molar-refractivity contribution in [3.05, 3.63) is 0 Å². The zero-order valence-electron chi connectivity index (χ0n) is 17.3. The predicted molar refractivity (Wildman–Crippen MR) is 110 cm³/mol. The van der Waals surface area contributed by atoms with Gasteiger partial charge in [0.25, 0.3) is 0 Å². The largest absolute Gasteiger partial charge is 0.403 e. The first-order valence-corrected chi connectivity index (χ1v) is 12.3. The molecular weight excluding hydrogens is 415 g/mol. The maximum atomic E-state index is 13.0. The number of fused-ring (bicyclic) bond motifs is 1. The minimum absolute atomic E-state index is 0.105. The topological polar surface area (TPSA) is 70.2 Å². The molecule has 30 heavy (non-hydrogen) atoms. The normalized spacial score (nSPS) is 42.3. The summed E-state index contributed by atoms with van der Waals surface area (Å²) in [6.45, 7) is 3.12. The van der Waals surface area contributed by atoms with E-state index in [4.69, 9.17) is 0 Å². The van der Waals surface area contributed by atoms with Gasteiger partial charge in [-0.3, -0.25) is 9.59 Å². The molecule has 1 saturated carbocycles. The van der Waals surface area contributed by atoms with Gasteiger partial charge in [0.2, 0.25) is 11.8 Å². The Morgan fingerprint density at radius 1 is 1.10 bits per heavy atom. The summed E-state index contributed by atoms with van der Waals surface area (Å²) in [6.07, 6.45) is 0.271. The molecule has 2 amide bonds. The first-order valence-electron chi connectivity index (χ1n) is 11.3. The van der Waals surface area contributed by atoms with E-state index < -0.39 is 18.3 Å². The van der Waals surface area contributed by atoms with E-state index in [0.717, 1.165) is 38.0 Å². The molecule has 4 rings (SSSR count). The lowest BCUT2D eigenvalue weighted by Crippen LogP contribution is -2.54. The van der Waals surface area contributed by atoms with E-state index in [-0.39, 0.29) is 41.9 Å². The van der Waals surface area contributed by atoms with Gasteiger partial charge in [0.1, 0.15) is 6.04 Å². The second kappa shape index (κ2) is 8.88. The van der Waals surface area contributed by atoms with Crippen molar-refractivity contribution in [2.75, 3.05) is 18.8 Å². The molecule has 0 bridgehead atoms. The molecule has 5 nitrogen and oxygen atoms in total. The van der Waals surface area contributed by atoms with E-state index >= 15 is 0 Å². The smallest absolute Gasteiger partial charge is 0.356 e.